The number of H-pyrrole nitrogens is 1. The van der Waals surface area contributed by atoms with Crippen LogP contribution in [0.3, 0.4) is 0 Å². The van der Waals surface area contributed by atoms with E-state index in [1.165, 1.54) is 22.4 Å². The highest BCUT2D eigenvalue weighted by atomic mass is 32.2. The van der Waals surface area contributed by atoms with Crippen LogP contribution in [-0.4, -0.2) is 213 Å². The number of aromatic nitrogens is 3. The molecule has 4 N–H and O–H groups in total. The molecule has 4 aliphatic heterocycles. The average molecular weight is 1410 g/mol. The van der Waals surface area contributed by atoms with Crippen molar-refractivity contribution >= 4 is 88.2 Å². The van der Waals surface area contributed by atoms with Gasteiger partial charge >= 0.3 is 22.1 Å². The Morgan fingerprint density at radius 1 is 0.867 bits per heavy atom. The zero-order valence-corrected chi connectivity index (χ0v) is 59.5. The molecule has 3 aromatic heterocycles. The number of thiazole rings is 1. The van der Waals surface area contributed by atoms with Crippen LogP contribution in [-0.2, 0) is 48.1 Å². The predicted octanol–water partition coefficient (Wildman–Crippen LogP) is 9.03. The largest absolute Gasteiger partial charge is 0.480 e. The predicted molar refractivity (Wildman–Crippen MR) is 369 cm³/mol. The fourth-order valence-electron chi connectivity index (χ4n) is 13.0. The van der Waals surface area contributed by atoms with Crippen molar-refractivity contribution < 1.29 is 69.4 Å². The number of carbonyl (C=O) groups excluding carboxylic acids is 5. The quantitative estimate of drug-likeness (QED) is 0.0171. The number of anilines is 2. The third-order valence-electron chi connectivity index (χ3n) is 19.5. The molecule has 7 heterocycles. The summed E-state index contributed by atoms with van der Waals surface area (Å²) in [6.07, 6.45) is 2.80. The van der Waals surface area contributed by atoms with Gasteiger partial charge in [0, 0.05) is 93.4 Å². The Hall–Kier alpha value is -7.64. The second kappa shape index (κ2) is 30.5. The van der Waals surface area contributed by atoms with Gasteiger partial charge in [0.25, 0.3) is 0 Å². The molecule has 10 rings (SSSR count). The maximum absolute atomic E-state index is 15.9. The number of halogens is 3. The number of aryl methyl sites for hydroxylation is 1. The fourth-order valence-corrected chi connectivity index (χ4v) is 16.4. The number of piperazine rings is 1. The minimum Gasteiger partial charge on any atom is -0.480 e. The number of amides is 3. The first-order valence-corrected chi connectivity index (χ1v) is 38.3. The van der Waals surface area contributed by atoms with Gasteiger partial charge in [-0.05, 0) is 116 Å². The monoisotopic (exact) mass is 1410 g/mol. The van der Waals surface area contributed by atoms with Crippen LogP contribution in [0.25, 0.3) is 32.6 Å². The van der Waals surface area contributed by atoms with Crippen LogP contribution < -0.4 is 14.9 Å². The number of ketones is 1. The lowest BCUT2D eigenvalue weighted by Gasteiger charge is -2.41. The number of aliphatic carboxylic acids is 1. The summed E-state index contributed by atoms with van der Waals surface area (Å²) in [5.41, 5.74) is 4.40. The molecule has 0 saturated carbocycles. The summed E-state index contributed by atoms with van der Waals surface area (Å²) >= 11 is 1.49. The van der Waals surface area contributed by atoms with E-state index in [1.807, 2.05) is 80.9 Å². The number of nitrogens with zero attached hydrogens (tertiary/aromatic N) is 8. The molecule has 3 amide bonds. The molecule has 4 fully saturated rings. The number of alkyl halides is 1. The first-order valence-electron chi connectivity index (χ1n) is 33.1. The average Bonchev–Trinajstić information content (AvgIpc) is 1.48. The molecule has 23 nitrogen and oxygen atoms in total. The summed E-state index contributed by atoms with van der Waals surface area (Å²) in [4.78, 5) is 104. The fraction of sp³-hybridized carbons (Fsp3) is 0.507. The van der Waals surface area contributed by atoms with Gasteiger partial charge in [0.1, 0.15) is 49.7 Å². The maximum Gasteiger partial charge on any atom is 0.332 e. The van der Waals surface area contributed by atoms with Gasteiger partial charge in [-0.3, -0.25) is 33.7 Å². The van der Waals surface area contributed by atoms with Crippen LogP contribution in [0.1, 0.15) is 100 Å². The highest BCUT2D eigenvalue weighted by Gasteiger charge is 2.49. The molecule has 6 aromatic rings. The lowest BCUT2D eigenvalue weighted by Crippen LogP contribution is -2.59. The van der Waals surface area contributed by atoms with Gasteiger partial charge in [0.15, 0.2) is 14.1 Å². The number of hydrogen-bond acceptors (Lipinski definition) is 17. The number of esters is 1. The van der Waals surface area contributed by atoms with E-state index in [2.05, 4.69) is 68.8 Å². The summed E-state index contributed by atoms with van der Waals surface area (Å²) in [5, 5.41) is 12.3. The lowest BCUT2D eigenvalue weighted by molar-refractivity contribution is -0.157. The molecular formula is C69H88F3N11O12S2Si. The zero-order chi connectivity index (χ0) is 70.6. The molecule has 0 aliphatic carbocycles. The number of fused-ring (bicyclic) bond motifs is 1. The molecule has 4 aliphatic rings. The van der Waals surface area contributed by atoms with E-state index in [9.17, 15) is 36.8 Å². The van der Waals surface area contributed by atoms with Gasteiger partial charge in [-0.15, -0.1) is 11.3 Å². The summed E-state index contributed by atoms with van der Waals surface area (Å²) < 4.78 is 91.5. The molecule has 0 radical (unpaired) electrons. The number of nitrogens with one attached hydrogen (secondary N) is 3. The van der Waals surface area contributed by atoms with Gasteiger partial charge in [0.05, 0.1) is 46.0 Å². The highest BCUT2D eigenvalue weighted by Crippen LogP contribution is 2.42. The maximum atomic E-state index is 15.9. The van der Waals surface area contributed by atoms with Crippen molar-refractivity contribution in [3.63, 3.8) is 0 Å². The first kappa shape index (κ1) is 73.1. The van der Waals surface area contributed by atoms with Crippen molar-refractivity contribution in [2.24, 2.45) is 11.3 Å². The Morgan fingerprint density at radius 3 is 2.18 bits per heavy atom. The Kier molecular flexibility index (Phi) is 22.7. The normalized spacial score (nSPS) is 19.4. The molecule has 3 aromatic carbocycles. The van der Waals surface area contributed by atoms with Crippen molar-refractivity contribution in [3.05, 3.63) is 119 Å². The number of aromatic amines is 1. The van der Waals surface area contributed by atoms with Crippen LogP contribution >= 0.6 is 11.3 Å². The number of benzene rings is 3. The second-order valence-corrected chi connectivity index (χ2v) is 35.7. The number of rotatable bonds is 26. The summed E-state index contributed by atoms with van der Waals surface area (Å²) in [5.74, 6) is -6.00. The van der Waals surface area contributed by atoms with Gasteiger partial charge in [-0.25, -0.2) is 32.7 Å². The second-order valence-electron chi connectivity index (χ2n) is 28.4. The van der Waals surface area contributed by atoms with Crippen molar-refractivity contribution in [1.82, 2.24) is 44.2 Å². The Morgan fingerprint density at radius 2 is 1.56 bits per heavy atom. The molecule has 0 spiro atoms. The van der Waals surface area contributed by atoms with Gasteiger partial charge in [-0.2, -0.15) is 12.7 Å². The molecule has 0 unspecified atom stereocenters. The topological polar surface area (TPSA) is 270 Å². The minimum absolute atomic E-state index is 0.0157. The lowest BCUT2D eigenvalue weighted by atomic mass is 9.85. The van der Waals surface area contributed by atoms with E-state index >= 15 is 13.6 Å². The number of ether oxygens (including phenoxy) is 2. The van der Waals surface area contributed by atoms with Gasteiger partial charge < -0.3 is 44.0 Å². The number of carbonyl (C=O) groups is 6. The number of carboxylic acids is 1. The van der Waals surface area contributed by atoms with Gasteiger partial charge in [-0.1, -0.05) is 77.9 Å². The van der Waals surface area contributed by atoms with Crippen LogP contribution in [0.4, 0.5) is 24.5 Å². The van der Waals surface area contributed by atoms with E-state index in [4.69, 9.17) is 19.0 Å². The van der Waals surface area contributed by atoms with Crippen LogP contribution in [0.15, 0.2) is 84.6 Å². The van der Waals surface area contributed by atoms with Crippen molar-refractivity contribution in [1.29, 1.82) is 0 Å². The van der Waals surface area contributed by atoms with Crippen molar-refractivity contribution in [2.45, 2.75) is 123 Å². The van der Waals surface area contributed by atoms with Crippen LogP contribution in [0, 0.1) is 29.9 Å². The Bertz CT molecular complexity index is 3980. The molecule has 4 saturated heterocycles. The zero-order valence-electron chi connectivity index (χ0n) is 56.8. The third-order valence-corrected chi connectivity index (χ3v) is 26.5. The molecule has 29 heteroatoms. The van der Waals surface area contributed by atoms with Crippen molar-refractivity contribution in [2.75, 3.05) is 101 Å². The SMILES string of the molecule is Cc1ncsc1-c1ccc([C@H](COC(=O)COCC(=O)O)N(C=O)[C@@H]2C[C@@H](O[Si](C)(C)C(C)(C)C)CN2C(=O)[C@@H](NC(=O)CN2CCC(CN3CCN(c4ccc(-c5cnc6[nH]cc(C(=O)c7c(F)ccc(NS(=O)(=O)N8CC[C@@H](F)C8)c7F)c6c5)cc4)CC3)CC2)C(C)(C)C)cc1. The summed E-state index contributed by atoms with van der Waals surface area (Å²) in [7, 11) is -6.85. The minimum atomic E-state index is -4.39. The molecule has 0 bridgehead atoms. The van der Waals surface area contributed by atoms with Crippen LogP contribution in [0.5, 0.6) is 0 Å². The van der Waals surface area contributed by atoms with E-state index in [-0.39, 0.29) is 55.6 Å². The van der Waals surface area contributed by atoms with Crippen molar-refractivity contribution in [3.8, 4) is 21.6 Å². The summed E-state index contributed by atoms with van der Waals surface area (Å²) in [6.45, 7) is 21.8. The number of hydrogen-bond donors (Lipinski definition) is 4. The number of likely N-dealkylation sites (tertiary alicyclic amines) is 2. The molecule has 528 valence electrons. The summed E-state index contributed by atoms with van der Waals surface area (Å²) in [6, 6.07) is 16.8. The first-order chi connectivity index (χ1) is 46.4. The van der Waals surface area contributed by atoms with Gasteiger partial charge in [0.2, 0.25) is 24.0 Å². The standard InChI is InChI=1S/C69H88F3N11O12S2Si/c1-43-64(96-41-75-43)47-12-10-46(11-13-47)56(38-94-60(88)40-93-39-59(86)87)83(42-84)58-31-51(95-98(8,9)69(5,6)7)36-82(58)67(90)65(68(2,3)4)76-57(85)37-78-23-20-44(21-24-78)34-79-26-28-80(29-27-79)50-16-14-45(15-17-50)48-30-52-53(33-74-66(52)73-32-48)63(89)61-54(71)18-19-55(62(61)72)77-97(91,92)81-25-22-49(70)35-81/h10-19,30,32-33,41-42,44,49,51,56,58,65,77H,20-29,31,34-40H2,1-9H3,(H,73,74)(H,76,85)(H,86,87)/t49-,51-,56+,58-,65-/m1/s1. The number of carboxylic acid groups (broad SMARTS) is 1. The van der Waals surface area contributed by atoms with Crippen LogP contribution in [0.2, 0.25) is 18.1 Å². The Balaban J connectivity index is 0.743. The smallest absolute Gasteiger partial charge is 0.332 e. The number of pyridine rings is 1. The molecule has 5 atom stereocenters. The van der Waals surface area contributed by atoms with E-state index < -0.39 is 121 Å². The van der Waals surface area contributed by atoms with E-state index in [0.29, 0.717) is 47.6 Å². The number of piperidine rings is 1. The van der Waals surface area contributed by atoms with E-state index in [1.54, 1.807) is 22.7 Å². The highest BCUT2D eigenvalue weighted by molar-refractivity contribution is 7.90. The Labute approximate surface area is 574 Å². The molecule has 98 heavy (non-hydrogen) atoms. The van der Waals surface area contributed by atoms with E-state index in [0.717, 1.165) is 89.4 Å². The third kappa shape index (κ3) is 17.1. The molecular weight excluding hydrogens is 1320 g/mol.